The molecule has 0 radical (unpaired) electrons. The summed E-state index contributed by atoms with van der Waals surface area (Å²) < 4.78 is 11.7. The van der Waals surface area contributed by atoms with Crippen molar-refractivity contribution >= 4 is 15.9 Å². The third kappa shape index (κ3) is 2.25. The Morgan fingerprint density at radius 2 is 2.00 bits per heavy atom. The second kappa shape index (κ2) is 4.28. The van der Waals surface area contributed by atoms with Crippen molar-refractivity contribution in [3.63, 3.8) is 0 Å². The molecule has 1 unspecified atom stereocenters. The molecule has 2 fully saturated rings. The van der Waals surface area contributed by atoms with E-state index < -0.39 is 0 Å². The predicted octanol–water partition coefficient (Wildman–Crippen LogP) is 2.50. The second-order valence-electron chi connectivity index (χ2n) is 4.15. The van der Waals surface area contributed by atoms with Crippen LogP contribution in [0.25, 0.3) is 0 Å². The highest BCUT2D eigenvalue weighted by atomic mass is 79.9. The first-order chi connectivity index (χ1) is 6.35. The summed E-state index contributed by atoms with van der Waals surface area (Å²) in [5.74, 6) is 0. The normalized spacial score (nSPS) is 33.5. The number of hydrogen-bond donors (Lipinski definition) is 0. The lowest BCUT2D eigenvalue weighted by Crippen LogP contribution is -2.49. The Hall–Kier alpha value is 0.400. The first kappa shape index (κ1) is 9.94. The minimum Gasteiger partial charge on any atom is -0.376 e. The zero-order chi connectivity index (χ0) is 9.15. The third-order valence-electron chi connectivity index (χ3n) is 3.02. The number of halogens is 1. The van der Waals surface area contributed by atoms with Crippen LogP contribution in [0.5, 0.6) is 0 Å². The molecule has 0 N–H and O–H groups in total. The van der Waals surface area contributed by atoms with Gasteiger partial charge in [-0.3, -0.25) is 0 Å². The van der Waals surface area contributed by atoms with Gasteiger partial charge in [0.25, 0.3) is 0 Å². The molecule has 76 valence electrons. The van der Waals surface area contributed by atoms with Crippen molar-refractivity contribution in [1.82, 2.24) is 0 Å². The summed E-state index contributed by atoms with van der Waals surface area (Å²) in [4.78, 5) is 0. The second-order valence-corrected chi connectivity index (χ2v) is 4.80. The summed E-state index contributed by atoms with van der Waals surface area (Å²) in [6.07, 6.45) is 6.63. The van der Waals surface area contributed by atoms with Crippen molar-refractivity contribution in [2.75, 3.05) is 18.5 Å². The molecule has 0 aromatic carbocycles. The van der Waals surface area contributed by atoms with E-state index in [2.05, 4.69) is 15.9 Å². The zero-order valence-electron chi connectivity index (χ0n) is 7.93. The summed E-state index contributed by atoms with van der Waals surface area (Å²) in [5, 5.41) is 0.898. The van der Waals surface area contributed by atoms with Crippen LogP contribution in [-0.4, -0.2) is 30.2 Å². The molecule has 0 aromatic rings. The Morgan fingerprint density at radius 1 is 1.23 bits per heavy atom. The molecule has 1 saturated heterocycles. The van der Waals surface area contributed by atoms with Gasteiger partial charge in [0.05, 0.1) is 24.9 Å². The topological polar surface area (TPSA) is 18.5 Å². The van der Waals surface area contributed by atoms with E-state index in [1.165, 1.54) is 32.1 Å². The Kier molecular flexibility index (Phi) is 3.27. The van der Waals surface area contributed by atoms with Crippen LogP contribution in [0.15, 0.2) is 0 Å². The average molecular weight is 249 g/mol. The number of alkyl halides is 1. The Morgan fingerprint density at radius 3 is 2.69 bits per heavy atom. The van der Waals surface area contributed by atoms with Gasteiger partial charge >= 0.3 is 0 Å². The minimum absolute atomic E-state index is 0.0783. The lowest BCUT2D eigenvalue weighted by Gasteiger charge is -2.43. The highest BCUT2D eigenvalue weighted by molar-refractivity contribution is 9.09. The fourth-order valence-electron chi connectivity index (χ4n) is 2.33. The fourth-order valence-corrected chi connectivity index (χ4v) is 2.65. The molecule has 0 amide bonds. The van der Waals surface area contributed by atoms with E-state index in [1.54, 1.807) is 0 Å². The monoisotopic (exact) mass is 248 g/mol. The lowest BCUT2D eigenvalue weighted by atomic mass is 9.84. The van der Waals surface area contributed by atoms with E-state index in [4.69, 9.17) is 9.47 Å². The summed E-state index contributed by atoms with van der Waals surface area (Å²) in [7, 11) is 0. The summed E-state index contributed by atoms with van der Waals surface area (Å²) in [6, 6.07) is 0. The molecule has 1 saturated carbocycles. The Balaban J connectivity index is 1.95. The Labute approximate surface area is 88.1 Å². The fraction of sp³-hybridized carbons (Fsp3) is 1.00. The van der Waals surface area contributed by atoms with Crippen molar-refractivity contribution < 1.29 is 9.47 Å². The molecule has 2 nitrogen and oxygen atoms in total. The molecular weight excluding hydrogens is 232 g/mol. The quantitative estimate of drug-likeness (QED) is 0.665. The van der Waals surface area contributed by atoms with Crippen molar-refractivity contribution in [1.29, 1.82) is 0 Å². The first-order valence-corrected chi connectivity index (χ1v) is 6.28. The standard InChI is InChI=1S/C10H17BrO2/c11-6-9-7-12-8-10(13-9)4-2-1-3-5-10/h9H,1-8H2. The number of ether oxygens (including phenoxy) is 2. The van der Waals surface area contributed by atoms with E-state index in [0.717, 1.165) is 18.5 Å². The molecule has 3 heteroatoms. The Bertz CT molecular complexity index is 161. The molecule has 13 heavy (non-hydrogen) atoms. The predicted molar refractivity (Wildman–Crippen MR) is 55.3 cm³/mol. The maximum Gasteiger partial charge on any atom is 0.0920 e. The van der Waals surface area contributed by atoms with Crippen LogP contribution in [0.2, 0.25) is 0 Å². The first-order valence-electron chi connectivity index (χ1n) is 5.16. The van der Waals surface area contributed by atoms with Crippen LogP contribution in [0.4, 0.5) is 0 Å². The summed E-state index contributed by atoms with van der Waals surface area (Å²) >= 11 is 3.46. The molecule has 2 rings (SSSR count). The highest BCUT2D eigenvalue weighted by Gasteiger charge is 2.38. The molecule has 0 aromatic heterocycles. The van der Waals surface area contributed by atoms with Crippen molar-refractivity contribution in [3.8, 4) is 0 Å². The van der Waals surface area contributed by atoms with Gasteiger partial charge in [-0.15, -0.1) is 0 Å². The van der Waals surface area contributed by atoms with Gasteiger partial charge in [0, 0.05) is 5.33 Å². The van der Waals surface area contributed by atoms with Gasteiger partial charge in [0.15, 0.2) is 0 Å². The van der Waals surface area contributed by atoms with Gasteiger partial charge in [-0.1, -0.05) is 35.2 Å². The van der Waals surface area contributed by atoms with Crippen LogP contribution in [-0.2, 0) is 9.47 Å². The van der Waals surface area contributed by atoms with Gasteiger partial charge in [-0.25, -0.2) is 0 Å². The van der Waals surface area contributed by atoms with Crippen molar-refractivity contribution in [3.05, 3.63) is 0 Å². The summed E-state index contributed by atoms with van der Waals surface area (Å²) in [5.41, 5.74) is 0.0783. The lowest BCUT2D eigenvalue weighted by molar-refractivity contribution is -0.202. The van der Waals surface area contributed by atoms with Crippen LogP contribution >= 0.6 is 15.9 Å². The van der Waals surface area contributed by atoms with Crippen LogP contribution in [0.3, 0.4) is 0 Å². The zero-order valence-corrected chi connectivity index (χ0v) is 9.51. The van der Waals surface area contributed by atoms with Gasteiger partial charge in [-0.2, -0.15) is 0 Å². The van der Waals surface area contributed by atoms with Gasteiger partial charge in [0.2, 0.25) is 0 Å². The van der Waals surface area contributed by atoms with E-state index in [1.807, 2.05) is 0 Å². The smallest absolute Gasteiger partial charge is 0.0920 e. The molecular formula is C10H17BrO2. The maximum atomic E-state index is 6.09. The average Bonchev–Trinajstić information content (AvgIpc) is 2.19. The van der Waals surface area contributed by atoms with Crippen molar-refractivity contribution in [2.24, 2.45) is 0 Å². The van der Waals surface area contributed by atoms with Gasteiger partial charge in [0.1, 0.15) is 0 Å². The third-order valence-corrected chi connectivity index (χ3v) is 3.74. The molecule has 0 bridgehead atoms. The van der Waals surface area contributed by atoms with Crippen molar-refractivity contribution in [2.45, 2.75) is 43.8 Å². The van der Waals surface area contributed by atoms with Crippen LogP contribution in [0.1, 0.15) is 32.1 Å². The molecule has 1 aliphatic heterocycles. The van der Waals surface area contributed by atoms with E-state index in [-0.39, 0.29) is 11.7 Å². The maximum absolute atomic E-state index is 6.09. The van der Waals surface area contributed by atoms with E-state index in [0.29, 0.717) is 0 Å². The van der Waals surface area contributed by atoms with E-state index in [9.17, 15) is 0 Å². The molecule has 2 aliphatic rings. The molecule has 1 spiro atoms. The van der Waals surface area contributed by atoms with E-state index >= 15 is 0 Å². The largest absolute Gasteiger partial charge is 0.376 e. The van der Waals surface area contributed by atoms with Gasteiger partial charge in [-0.05, 0) is 12.8 Å². The van der Waals surface area contributed by atoms with Crippen LogP contribution in [0, 0.1) is 0 Å². The number of hydrogen-bond acceptors (Lipinski definition) is 2. The minimum atomic E-state index is 0.0783. The SMILES string of the molecule is BrCC1COCC2(CCCCC2)O1. The molecule has 1 aliphatic carbocycles. The molecule has 1 atom stereocenters. The summed E-state index contributed by atoms with van der Waals surface area (Å²) in [6.45, 7) is 1.57. The van der Waals surface area contributed by atoms with Crippen LogP contribution < -0.4 is 0 Å². The molecule has 1 heterocycles. The number of rotatable bonds is 1. The highest BCUT2D eigenvalue weighted by Crippen LogP contribution is 2.35. The van der Waals surface area contributed by atoms with Gasteiger partial charge < -0.3 is 9.47 Å².